The fourth-order valence-electron chi connectivity index (χ4n) is 2.08. The Morgan fingerprint density at radius 1 is 0.958 bits per heavy atom. The molecule has 0 saturated carbocycles. The summed E-state index contributed by atoms with van der Waals surface area (Å²) in [4.78, 5) is 24.0. The van der Waals surface area contributed by atoms with Gasteiger partial charge in [0.1, 0.15) is 11.5 Å². The zero-order valence-corrected chi connectivity index (χ0v) is 13.7. The van der Waals surface area contributed by atoms with Crippen LogP contribution in [0.25, 0.3) is 0 Å². The molecule has 2 aromatic carbocycles. The van der Waals surface area contributed by atoms with E-state index in [2.05, 4.69) is 10.6 Å². The van der Waals surface area contributed by atoms with Gasteiger partial charge >= 0.3 is 0 Å². The molecule has 0 aliphatic rings. The van der Waals surface area contributed by atoms with Gasteiger partial charge in [-0.15, -0.1) is 0 Å². The average Bonchev–Trinajstić information content (AvgIpc) is 2.61. The summed E-state index contributed by atoms with van der Waals surface area (Å²) in [6.07, 6.45) is 0.182. The van der Waals surface area contributed by atoms with Crippen molar-refractivity contribution in [2.24, 2.45) is 0 Å². The number of anilines is 1. The number of amides is 2. The number of benzene rings is 2. The molecule has 0 saturated heterocycles. The smallest absolute Gasteiger partial charge is 0.251 e. The number of carbonyl (C=O) groups excluding carboxylic acids is 2. The molecule has 2 amide bonds. The van der Waals surface area contributed by atoms with Crippen molar-refractivity contribution >= 4 is 17.5 Å². The fraction of sp³-hybridized carbons (Fsp3) is 0.222. The van der Waals surface area contributed by atoms with Crippen molar-refractivity contribution in [3.8, 4) is 11.5 Å². The van der Waals surface area contributed by atoms with Crippen LogP contribution in [0.5, 0.6) is 11.5 Å². The second kappa shape index (κ2) is 8.57. The Hall–Kier alpha value is -3.02. The van der Waals surface area contributed by atoms with E-state index in [4.69, 9.17) is 9.47 Å². The monoisotopic (exact) mass is 328 g/mol. The van der Waals surface area contributed by atoms with Gasteiger partial charge in [-0.25, -0.2) is 0 Å². The molecule has 0 heterocycles. The average molecular weight is 328 g/mol. The maximum absolute atomic E-state index is 12.2. The van der Waals surface area contributed by atoms with E-state index < -0.39 is 0 Å². The second-order valence-electron chi connectivity index (χ2n) is 5.02. The zero-order chi connectivity index (χ0) is 17.4. The highest BCUT2D eigenvalue weighted by molar-refractivity contribution is 5.96. The van der Waals surface area contributed by atoms with E-state index in [0.717, 1.165) is 5.69 Å². The van der Waals surface area contributed by atoms with Crippen LogP contribution < -0.4 is 20.1 Å². The van der Waals surface area contributed by atoms with Crippen LogP contribution in [0.4, 0.5) is 5.69 Å². The highest BCUT2D eigenvalue weighted by Crippen LogP contribution is 2.22. The molecule has 0 unspecified atom stereocenters. The van der Waals surface area contributed by atoms with Crippen LogP contribution in [0.2, 0.25) is 0 Å². The third-order valence-corrected chi connectivity index (χ3v) is 3.31. The number of rotatable bonds is 7. The lowest BCUT2D eigenvalue weighted by Gasteiger charge is -2.09. The molecule has 126 valence electrons. The first-order valence-electron chi connectivity index (χ1n) is 7.48. The zero-order valence-electron chi connectivity index (χ0n) is 13.7. The van der Waals surface area contributed by atoms with Crippen molar-refractivity contribution in [3.05, 3.63) is 54.1 Å². The van der Waals surface area contributed by atoms with Gasteiger partial charge in [-0.2, -0.15) is 0 Å². The van der Waals surface area contributed by atoms with Crippen LogP contribution in [0.3, 0.4) is 0 Å². The summed E-state index contributed by atoms with van der Waals surface area (Å²) in [6.45, 7) is 0.233. The number of para-hydroxylation sites is 1. The summed E-state index contributed by atoms with van der Waals surface area (Å²) in [5, 5.41) is 5.47. The lowest BCUT2D eigenvalue weighted by atomic mass is 10.2. The maximum Gasteiger partial charge on any atom is 0.251 e. The van der Waals surface area contributed by atoms with E-state index >= 15 is 0 Å². The van der Waals surface area contributed by atoms with Crippen LogP contribution in [0.15, 0.2) is 48.5 Å². The molecule has 2 aromatic rings. The van der Waals surface area contributed by atoms with Crippen molar-refractivity contribution in [1.82, 2.24) is 5.32 Å². The first kappa shape index (κ1) is 17.3. The summed E-state index contributed by atoms with van der Waals surface area (Å²) >= 11 is 0. The predicted molar refractivity (Wildman–Crippen MR) is 91.6 cm³/mol. The Bertz CT molecular complexity index is 679. The molecule has 0 aromatic heterocycles. The Kier molecular flexibility index (Phi) is 6.19. The minimum absolute atomic E-state index is 0.162. The largest absolute Gasteiger partial charge is 0.497 e. The van der Waals surface area contributed by atoms with E-state index in [-0.39, 0.29) is 24.8 Å². The highest BCUT2D eigenvalue weighted by atomic mass is 16.5. The molecule has 0 spiro atoms. The van der Waals surface area contributed by atoms with E-state index in [9.17, 15) is 9.59 Å². The topological polar surface area (TPSA) is 76.7 Å². The standard InChI is InChI=1S/C18H20N2O4/c1-23-15-10-13(11-16(12-15)24-2)18(22)19-9-8-17(21)20-14-6-4-3-5-7-14/h3-7,10-12H,8-9H2,1-2H3,(H,19,22)(H,20,21). The van der Waals surface area contributed by atoms with Gasteiger partial charge < -0.3 is 20.1 Å². The molecule has 0 radical (unpaired) electrons. The molecular weight excluding hydrogens is 308 g/mol. The summed E-state index contributed by atoms with van der Waals surface area (Å²) in [5.41, 5.74) is 1.14. The number of nitrogens with one attached hydrogen (secondary N) is 2. The number of ether oxygens (including phenoxy) is 2. The Balaban J connectivity index is 1.86. The van der Waals surface area contributed by atoms with Crippen LogP contribution >= 0.6 is 0 Å². The molecule has 2 N–H and O–H groups in total. The molecule has 0 bridgehead atoms. The van der Waals surface area contributed by atoms with E-state index in [0.29, 0.717) is 17.1 Å². The summed E-state index contributed by atoms with van der Waals surface area (Å²) in [5.74, 6) is 0.604. The molecule has 6 heteroatoms. The summed E-state index contributed by atoms with van der Waals surface area (Å²) in [6, 6.07) is 14.1. The Labute approximate surface area is 140 Å². The van der Waals surface area contributed by atoms with Gasteiger partial charge in [-0.3, -0.25) is 9.59 Å². The van der Waals surface area contributed by atoms with E-state index in [1.54, 1.807) is 30.3 Å². The third-order valence-electron chi connectivity index (χ3n) is 3.31. The number of methoxy groups -OCH3 is 2. The molecule has 0 fully saturated rings. The Morgan fingerprint density at radius 3 is 2.17 bits per heavy atom. The maximum atomic E-state index is 12.2. The molecule has 0 aliphatic heterocycles. The first-order chi connectivity index (χ1) is 11.6. The lowest BCUT2D eigenvalue weighted by Crippen LogP contribution is -2.27. The SMILES string of the molecule is COc1cc(OC)cc(C(=O)NCCC(=O)Nc2ccccc2)c1. The molecular formula is C18H20N2O4. The third kappa shape index (κ3) is 5.01. The molecule has 2 rings (SSSR count). The van der Waals surface area contributed by atoms with Crippen molar-refractivity contribution in [1.29, 1.82) is 0 Å². The fourth-order valence-corrected chi connectivity index (χ4v) is 2.08. The second-order valence-corrected chi connectivity index (χ2v) is 5.02. The molecule has 24 heavy (non-hydrogen) atoms. The quantitative estimate of drug-likeness (QED) is 0.818. The first-order valence-corrected chi connectivity index (χ1v) is 7.48. The van der Waals surface area contributed by atoms with Gasteiger partial charge in [-0.05, 0) is 24.3 Å². The molecule has 0 atom stereocenters. The van der Waals surface area contributed by atoms with Crippen molar-refractivity contribution < 1.29 is 19.1 Å². The van der Waals surface area contributed by atoms with Crippen LogP contribution in [0.1, 0.15) is 16.8 Å². The minimum atomic E-state index is -0.292. The van der Waals surface area contributed by atoms with Crippen LogP contribution in [0, 0.1) is 0 Å². The van der Waals surface area contributed by atoms with Gasteiger partial charge in [0, 0.05) is 30.3 Å². The predicted octanol–water partition coefficient (Wildman–Crippen LogP) is 2.46. The summed E-state index contributed by atoms with van der Waals surface area (Å²) in [7, 11) is 3.04. The number of hydrogen-bond acceptors (Lipinski definition) is 4. The van der Waals surface area contributed by atoms with Gasteiger partial charge in [-0.1, -0.05) is 18.2 Å². The van der Waals surface area contributed by atoms with Crippen LogP contribution in [-0.2, 0) is 4.79 Å². The number of hydrogen-bond donors (Lipinski definition) is 2. The van der Waals surface area contributed by atoms with Gasteiger partial charge in [0.15, 0.2) is 0 Å². The van der Waals surface area contributed by atoms with Gasteiger partial charge in [0.2, 0.25) is 5.91 Å². The lowest BCUT2D eigenvalue weighted by molar-refractivity contribution is -0.116. The van der Waals surface area contributed by atoms with Gasteiger partial charge in [0.25, 0.3) is 5.91 Å². The van der Waals surface area contributed by atoms with E-state index in [1.165, 1.54) is 14.2 Å². The van der Waals surface area contributed by atoms with Crippen molar-refractivity contribution in [2.75, 3.05) is 26.1 Å². The number of carbonyl (C=O) groups is 2. The van der Waals surface area contributed by atoms with Crippen molar-refractivity contribution in [3.63, 3.8) is 0 Å². The Morgan fingerprint density at radius 2 is 1.58 bits per heavy atom. The van der Waals surface area contributed by atoms with Crippen LogP contribution in [-0.4, -0.2) is 32.6 Å². The summed E-state index contributed by atoms with van der Waals surface area (Å²) < 4.78 is 10.3. The minimum Gasteiger partial charge on any atom is -0.497 e. The molecule has 6 nitrogen and oxygen atoms in total. The normalized spacial score (nSPS) is 9.92. The van der Waals surface area contributed by atoms with Crippen molar-refractivity contribution in [2.45, 2.75) is 6.42 Å². The molecule has 0 aliphatic carbocycles. The van der Waals surface area contributed by atoms with Gasteiger partial charge in [0.05, 0.1) is 14.2 Å². The van der Waals surface area contributed by atoms with E-state index in [1.807, 2.05) is 18.2 Å². The highest BCUT2D eigenvalue weighted by Gasteiger charge is 2.10.